The van der Waals surface area contributed by atoms with Crippen molar-refractivity contribution in [2.24, 2.45) is 0 Å². The molecular formula is C18H22N2O3S. The van der Waals surface area contributed by atoms with Crippen LogP contribution < -0.4 is 9.62 Å². The Labute approximate surface area is 143 Å². The zero-order valence-electron chi connectivity index (χ0n) is 14.0. The number of anilines is 2. The number of morpholine rings is 1. The van der Waals surface area contributed by atoms with E-state index >= 15 is 0 Å². The Morgan fingerprint density at radius 3 is 2.46 bits per heavy atom. The predicted octanol–water partition coefficient (Wildman–Crippen LogP) is 2.94. The van der Waals surface area contributed by atoms with Crippen LogP contribution in [0.4, 0.5) is 11.4 Å². The Morgan fingerprint density at radius 2 is 1.75 bits per heavy atom. The van der Waals surface area contributed by atoms with Gasteiger partial charge in [0.2, 0.25) is 0 Å². The highest BCUT2D eigenvalue weighted by Crippen LogP contribution is 2.29. The van der Waals surface area contributed by atoms with Gasteiger partial charge in [0.15, 0.2) is 0 Å². The van der Waals surface area contributed by atoms with Gasteiger partial charge < -0.3 is 9.64 Å². The number of nitrogens with one attached hydrogen (secondary N) is 1. The highest BCUT2D eigenvalue weighted by atomic mass is 32.2. The van der Waals surface area contributed by atoms with Crippen LogP contribution in [0, 0.1) is 13.8 Å². The van der Waals surface area contributed by atoms with Gasteiger partial charge >= 0.3 is 0 Å². The minimum Gasteiger partial charge on any atom is -0.378 e. The number of aryl methyl sites for hydroxylation is 2. The molecule has 5 nitrogen and oxygen atoms in total. The molecule has 0 amide bonds. The van der Waals surface area contributed by atoms with Gasteiger partial charge in [0.25, 0.3) is 10.0 Å². The summed E-state index contributed by atoms with van der Waals surface area (Å²) in [5, 5.41) is 0. The second-order valence-electron chi connectivity index (χ2n) is 5.99. The molecule has 128 valence electrons. The topological polar surface area (TPSA) is 58.6 Å². The van der Waals surface area contributed by atoms with E-state index in [0.29, 0.717) is 23.8 Å². The maximum Gasteiger partial charge on any atom is 0.262 e. The fourth-order valence-corrected chi connectivity index (χ4v) is 4.24. The van der Waals surface area contributed by atoms with E-state index in [1.807, 2.05) is 44.2 Å². The summed E-state index contributed by atoms with van der Waals surface area (Å²) in [6.07, 6.45) is 0. The molecule has 1 aliphatic rings. The number of ether oxygens (including phenoxy) is 1. The van der Waals surface area contributed by atoms with E-state index in [1.165, 1.54) is 0 Å². The normalized spacial score (nSPS) is 15.3. The molecule has 0 unspecified atom stereocenters. The summed E-state index contributed by atoms with van der Waals surface area (Å²) in [5.41, 5.74) is 3.26. The molecule has 0 saturated carbocycles. The third-order valence-electron chi connectivity index (χ3n) is 4.12. The van der Waals surface area contributed by atoms with Crippen LogP contribution in [0.3, 0.4) is 0 Å². The van der Waals surface area contributed by atoms with Crippen molar-refractivity contribution in [2.45, 2.75) is 18.7 Å². The Balaban J connectivity index is 1.93. The SMILES string of the molecule is Cc1ccc(S(=O)(=O)Nc2ccccc2N2CCOCC2)c(C)c1. The van der Waals surface area contributed by atoms with Gasteiger partial charge in [0.05, 0.1) is 29.5 Å². The number of hydrogen-bond acceptors (Lipinski definition) is 4. The van der Waals surface area contributed by atoms with Crippen molar-refractivity contribution in [3.63, 3.8) is 0 Å². The number of nitrogens with zero attached hydrogens (tertiary/aromatic N) is 1. The van der Waals surface area contributed by atoms with Crippen LogP contribution in [0.1, 0.15) is 11.1 Å². The first kappa shape index (κ1) is 16.8. The first-order chi connectivity index (χ1) is 11.5. The molecule has 0 spiro atoms. The maximum absolute atomic E-state index is 12.8. The fraction of sp³-hybridized carbons (Fsp3) is 0.333. The molecule has 0 aromatic heterocycles. The predicted molar refractivity (Wildman–Crippen MR) is 96.2 cm³/mol. The van der Waals surface area contributed by atoms with Crippen molar-refractivity contribution in [2.75, 3.05) is 35.9 Å². The summed E-state index contributed by atoms with van der Waals surface area (Å²) in [4.78, 5) is 2.45. The van der Waals surface area contributed by atoms with Gasteiger partial charge in [-0.2, -0.15) is 0 Å². The molecule has 0 aliphatic carbocycles. The lowest BCUT2D eigenvalue weighted by atomic mass is 10.2. The summed E-state index contributed by atoms with van der Waals surface area (Å²) in [6, 6.07) is 12.8. The molecule has 2 aromatic carbocycles. The standard InChI is InChI=1S/C18H22N2O3S/c1-14-7-8-18(15(2)13-14)24(21,22)19-16-5-3-4-6-17(16)20-9-11-23-12-10-20/h3-8,13,19H,9-12H2,1-2H3. The first-order valence-corrected chi connectivity index (χ1v) is 9.47. The van der Waals surface area contributed by atoms with Crippen molar-refractivity contribution < 1.29 is 13.2 Å². The smallest absolute Gasteiger partial charge is 0.262 e. The van der Waals surface area contributed by atoms with Gasteiger partial charge in [0, 0.05) is 13.1 Å². The van der Waals surface area contributed by atoms with Gasteiger partial charge in [-0.05, 0) is 37.6 Å². The molecule has 0 bridgehead atoms. The average molecular weight is 346 g/mol. The van der Waals surface area contributed by atoms with Crippen LogP contribution in [0.2, 0.25) is 0 Å². The zero-order valence-corrected chi connectivity index (χ0v) is 14.8. The van der Waals surface area contributed by atoms with E-state index < -0.39 is 10.0 Å². The largest absolute Gasteiger partial charge is 0.378 e. The minimum absolute atomic E-state index is 0.310. The number of benzene rings is 2. The molecule has 3 rings (SSSR count). The van der Waals surface area contributed by atoms with Crippen LogP contribution in [0.5, 0.6) is 0 Å². The Bertz CT molecular complexity index is 828. The Kier molecular flexibility index (Phi) is 4.78. The van der Waals surface area contributed by atoms with Crippen molar-refractivity contribution in [1.29, 1.82) is 0 Å². The van der Waals surface area contributed by atoms with Crippen LogP contribution in [0.15, 0.2) is 47.4 Å². The van der Waals surface area contributed by atoms with Crippen LogP contribution >= 0.6 is 0 Å². The van der Waals surface area contributed by atoms with Gasteiger partial charge in [-0.3, -0.25) is 4.72 Å². The molecule has 1 saturated heterocycles. The lowest BCUT2D eigenvalue weighted by molar-refractivity contribution is 0.123. The third-order valence-corrected chi connectivity index (χ3v) is 5.65. The van der Waals surface area contributed by atoms with Crippen molar-refractivity contribution in [1.82, 2.24) is 0 Å². The molecule has 0 atom stereocenters. The Morgan fingerprint density at radius 1 is 1.04 bits per heavy atom. The summed E-state index contributed by atoms with van der Waals surface area (Å²) in [5.74, 6) is 0. The molecule has 1 fully saturated rings. The summed E-state index contributed by atoms with van der Waals surface area (Å²) < 4.78 is 33.8. The lowest BCUT2D eigenvalue weighted by Crippen LogP contribution is -2.36. The molecular weight excluding hydrogens is 324 g/mol. The van der Waals surface area contributed by atoms with Crippen molar-refractivity contribution in [3.05, 3.63) is 53.6 Å². The highest BCUT2D eigenvalue weighted by molar-refractivity contribution is 7.92. The second-order valence-corrected chi connectivity index (χ2v) is 7.64. The first-order valence-electron chi connectivity index (χ1n) is 7.99. The van der Waals surface area contributed by atoms with Crippen LogP contribution in [-0.2, 0) is 14.8 Å². The monoisotopic (exact) mass is 346 g/mol. The van der Waals surface area contributed by atoms with E-state index in [-0.39, 0.29) is 0 Å². The number of sulfonamides is 1. The second kappa shape index (κ2) is 6.83. The van der Waals surface area contributed by atoms with Gasteiger partial charge in [-0.25, -0.2) is 8.42 Å². The van der Waals surface area contributed by atoms with E-state index in [9.17, 15) is 8.42 Å². The van der Waals surface area contributed by atoms with E-state index in [1.54, 1.807) is 12.1 Å². The van der Waals surface area contributed by atoms with Crippen molar-refractivity contribution in [3.8, 4) is 0 Å². The molecule has 6 heteroatoms. The van der Waals surface area contributed by atoms with Crippen LogP contribution in [0.25, 0.3) is 0 Å². The molecule has 0 radical (unpaired) electrons. The number of hydrogen-bond donors (Lipinski definition) is 1. The van der Waals surface area contributed by atoms with Gasteiger partial charge in [-0.1, -0.05) is 29.8 Å². The van der Waals surface area contributed by atoms with E-state index in [0.717, 1.165) is 29.9 Å². The summed E-state index contributed by atoms with van der Waals surface area (Å²) in [7, 11) is -3.63. The molecule has 24 heavy (non-hydrogen) atoms. The number of rotatable bonds is 4. The zero-order chi connectivity index (χ0) is 17.2. The van der Waals surface area contributed by atoms with E-state index in [4.69, 9.17) is 4.74 Å². The Hall–Kier alpha value is -2.05. The quantitative estimate of drug-likeness (QED) is 0.925. The van der Waals surface area contributed by atoms with Gasteiger partial charge in [-0.15, -0.1) is 0 Å². The molecule has 1 N–H and O–H groups in total. The van der Waals surface area contributed by atoms with Crippen LogP contribution in [-0.4, -0.2) is 34.7 Å². The maximum atomic E-state index is 12.8. The third kappa shape index (κ3) is 3.55. The highest BCUT2D eigenvalue weighted by Gasteiger charge is 2.21. The van der Waals surface area contributed by atoms with Gasteiger partial charge in [0.1, 0.15) is 0 Å². The number of para-hydroxylation sites is 2. The molecule has 1 aliphatic heterocycles. The minimum atomic E-state index is -3.63. The fourth-order valence-electron chi connectivity index (χ4n) is 2.94. The average Bonchev–Trinajstić information content (AvgIpc) is 2.55. The summed E-state index contributed by atoms with van der Waals surface area (Å²) >= 11 is 0. The lowest BCUT2D eigenvalue weighted by Gasteiger charge is -2.30. The molecule has 2 aromatic rings. The molecule has 1 heterocycles. The summed E-state index contributed by atoms with van der Waals surface area (Å²) in [6.45, 7) is 6.57. The van der Waals surface area contributed by atoms with E-state index in [2.05, 4.69) is 9.62 Å². The van der Waals surface area contributed by atoms with Crippen molar-refractivity contribution >= 4 is 21.4 Å².